The molecule has 6 heavy (non-hydrogen) atoms. The fourth-order valence-corrected chi connectivity index (χ4v) is 0.0894. The van der Waals surface area contributed by atoms with Crippen LogP contribution in [0.2, 0.25) is 0 Å². The summed E-state index contributed by atoms with van der Waals surface area (Å²) in [4.78, 5) is 0. The maximum absolute atomic E-state index is 3.00. The third kappa shape index (κ3) is 1.93. The monoisotopic (exact) mass is 109 g/mol. The van der Waals surface area contributed by atoms with E-state index in [1.807, 2.05) is 0 Å². The topological polar surface area (TPSA) is 65.7 Å². The van der Waals surface area contributed by atoms with Crippen LogP contribution in [-0.2, 0) is 0 Å². The molecule has 0 bridgehead atoms. The summed E-state index contributed by atoms with van der Waals surface area (Å²) in [7, 11) is 0. The summed E-state index contributed by atoms with van der Waals surface area (Å²) in [5.74, 6) is 0. The van der Waals surface area contributed by atoms with Gasteiger partial charge < -0.3 is 0 Å². The zero-order chi connectivity index (χ0) is 3.54. The molecule has 5 nitrogen and oxygen atoms in total. The Morgan fingerprint density at radius 2 is 1.50 bits per heavy atom. The van der Waals surface area contributed by atoms with Gasteiger partial charge in [0.25, 0.3) is 0 Å². The fourth-order valence-electron chi connectivity index (χ4n) is 0.0894. The predicted molar refractivity (Wildman–Crippen MR) is 10.9 cm³/mol. The zero-order valence-corrected chi connectivity index (χ0v) is 6.36. The Bertz CT molecular complexity index is 60.4. The van der Waals surface area contributed by atoms with Gasteiger partial charge in [-0.2, -0.15) is 15.6 Å². The van der Waals surface area contributed by atoms with Gasteiger partial charge in [-0.1, -0.05) is 0 Å². The van der Waals surface area contributed by atoms with E-state index in [1.165, 1.54) is 0 Å². The van der Waals surface area contributed by atoms with Crippen molar-refractivity contribution in [3.8, 4) is 0 Å². The van der Waals surface area contributed by atoms with Crippen LogP contribution in [-0.4, -0.2) is 20.9 Å². The van der Waals surface area contributed by atoms with Crippen molar-refractivity contribution < 1.29 is 51.4 Å². The van der Waals surface area contributed by atoms with Gasteiger partial charge >= 0.3 is 51.4 Å². The Labute approximate surface area is 76.3 Å². The maximum atomic E-state index is 3.00. The Balaban J connectivity index is 0.000000250. The molecule has 0 atom stereocenters. The second kappa shape index (κ2) is 3.81. The van der Waals surface area contributed by atoms with Crippen LogP contribution in [0, 0.1) is 0 Å². The van der Waals surface area contributed by atoms with Crippen molar-refractivity contribution in [1.29, 1.82) is 0 Å². The summed E-state index contributed by atoms with van der Waals surface area (Å²) in [5.41, 5.74) is 0. The molecular weight excluding hydrogens is 109 g/mol. The fraction of sp³-hybridized carbons (Fsp3) is 0. The van der Waals surface area contributed by atoms with Gasteiger partial charge in [0.05, 0.1) is 0 Å². The molecule has 0 aliphatic carbocycles. The molecule has 0 spiro atoms. The first kappa shape index (κ1) is 6.64. The Hall–Kier alpha value is 0.636. The van der Waals surface area contributed by atoms with E-state index < -0.39 is 0 Å². The van der Waals surface area contributed by atoms with Crippen LogP contribution >= 0.6 is 0 Å². The van der Waals surface area contributed by atoms with Crippen molar-refractivity contribution in [3.63, 3.8) is 0 Å². The summed E-state index contributed by atoms with van der Waals surface area (Å²) >= 11 is 0. The molecule has 0 fully saturated rings. The van der Waals surface area contributed by atoms with Crippen LogP contribution in [0.4, 0.5) is 0 Å². The molecule has 0 saturated heterocycles. The summed E-state index contributed by atoms with van der Waals surface area (Å²) < 4.78 is 0. The number of hydrogen-bond acceptors (Lipinski definition) is 4. The number of rotatable bonds is 0. The van der Waals surface area contributed by atoms with E-state index in [0.29, 0.717) is 0 Å². The van der Waals surface area contributed by atoms with Crippen LogP contribution in [0.25, 0.3) is 0 Å². The molecule has 6 heteroatoms. The van der Waals surface area contributed by atoms with Gasteiger partial charge in [0, 0.05) is 0 Å². The van der Waals surface area contributed by atoms with Crippen LogP contribution in [0.5, 0.6) is 0 Å². The summed E-state index contributed by atoms with van der Waals surface area (Å²) in [6, 6.07) is 0. The molecular formula is KN5. The first-order valence-corrected chi connectivity index (χ1v) is 1.000. The van der Waals surface area contributed by atoms with Gasteiger partial charge in [0.1, 0.15) is 0 Å². The van der Waals surface area contributed by atoms with Crippen LogP contribution in [0.15, 0.2) is 0 Å². The van der Waals surface area contributed by atoms with E-state index in [0.717, 1.165) is 0 Å². The normalized spacial score (nSPS) is 6.67. The van der Waals surface area contributed by atoms with Gasteiger partial charge in [-0.05, 0) is 0 Å². The molecule has 0 aliphatic heterocycles. The average Bonchev–Trinajstić information content (AvgIpc) is 1.76. The van der Waals surface area contributed by atoms with Gasteiger partial charge in [-0.3, -0.25) is 0 Å². The Kier molecular flexibility index (Phi) is 4.22. The minimum atomic E-state index is 0. The molecule has 26 valence electrons. The molecule has 0 unspecified atom stereocenters. The molecule has 1 heterocycles. The van der Waals surface area contributed by atoms with Crippen molar-refractivity contribution in [2.24, 2.45) is 0 Å². The minimum absolute atomic E-state index is 0. The summed E-state index contributed by atoms with van der Waals surface area (Å²) in [6.07, 6.45) is 0. The van der Waals surface area contributed by atoms with E-state index in [-0.39, 0.29) is 51.4 Å². The third-order valence-corrected chi connectivity index (χ3v) is 0.200. The van der Waals surface area contributed by atoms with Crippen molar-refractivity contribution in [2.45, 2.75) is 0 Å². The van der Waals surface area contributed by atoms with E-state index in [1.54, 1.807) is 0 Å². The van der Waals surface area contributed by atoms with Crippen LogP contribution < -0.4 is 56.6 Å². The Morgan fingerprint density at radius 3 is 1.67 bits per heavy atom. The van der Waals surface area contributed by atoms with Crippen LogP contribution in [0.1, 0.15) is 0 Å². The average molecular weight is 109 g/mol. The van der Waals surface area contributed by atoms with Crippen molar-refractivity contribution >= 4 is 0 Å². The van der Waals surface area contributed by atoms with Gasteiger partial charge in [0.15, 0.2) is 0 Å². The van der Waals surface area contributed by atoms with E-state index in [4.69, 9.17) is 0 Å². The standard InChI is InChI=1S/K.N5/c;1-2-4-5-3-1/q+1;-1. The van der Waals surface area contributed by atoms with Crippen molar-refractivity contribution in [1.82, 2.24) is 26.1 Å². The predicted octanol–water partition coefficient (Wildman–Crippen LogP) is -4.77. The SMILES string of the molecule is [K+].n1nn[n-]n1. The molecule has 0 aromatic carbocycles. The molecule has 0 radical (unpaired) electrons. The van der Waals surface area contributed by atoms with Gasteiger partial charge in [0.2, 0.25) is 0 Å². The van der Waals surface area contributed by atoms with Gasteiger partial charge in [-0.15, -0.1) is 0 Å². The van der Waals surface area contributed by atoms with Crippen molar-refractivity contribution in [2.75, 3.05) is 0 Å². The molecule has 0 aliphatic rings. The smallest absolute Gasteiger partial charge is 0.239 e. The van der Waals surface area contributed by atoms with E-state index >= 15 is 0 Å². The van der Waals surface area contributed by atoms with Gasteiger partial charge in [-0.25, -0.2) is 10.4 Å². The quantitative estimate of drug-likeness (QED) is 0.313. The maximum Gasteiger partial charge on any atom is 1.00 e. The Morgan fingerprint density at radius 1 is 1.00 bits per heavy atom. The molecule has 0 amide bonds. The third-order valence-electron chi connectivity index (χ3n) is 0.200. The summed E-state index contributed by atoms with van der Waals surface area (Å²) in [6.45, 7) is 0. The number of aromatic nitrogens is 5. The summed E-state index contributed by atoms with van der Waals surface area (Å²) in [5, 5.41) is 15.0. The van der Waals surface area contributed by atoms with E-state index in [9.17, 15) is 0 Å². The number of hydrogen-bond donors (Lipinski definition) is 0. The second-order valence-corrected chi connectivity index (χ2v) is 0.447. The molecule has 0 saturated carbocycles. The van der Waals surface area contributed by atoms with E-state index in [2.05, 4.69) is 26.1 Å². The molecule has 1 aromatic heterocycles. The first-order chi connectivity index (χ1) is 2.50. The first-order valence-electron chi connectivity index (χ1n) is 1.000. The number of nitrogens with zero attached hydrogens (tertiary/aromatic N) is 5. The largest absolute Gasteiger partial charge is 1.00 e. The molecule has 0 N–H and O–H groups in total. The molecule has 1 aromatic rings. The zero-order valence-electron chi connectivity index (χ0n) is 3.24. The van der Waals surface area contributed by atoms with Crippen LogP contribution in [0.3, 0.4) is 0 Å². The second-order valence-electron chi connectivity index (χ2n) is 0.447. The molecule has 1 rings (SSSR count). The van der Waals surface area contributed by atoms with Crippen molar-refractivity contribution in [3.05, 3.63) is 0 Å². The minimum Gasteiger partial charge on any atom is -0.239 e.